The Kier molecular flexibility index (Phi) is 4.88. The van der Waals surface area contributed by atoms with Crippen LogP contribution in [0.15, 0.2) is 0 Å². The van der Waals surface area contributed by atoms with Crippen LogP contribution in [0.3, 0.4) is 0 Å². The predicted octanol–water partition coefficient (Wildman–Crippen LogP) is 2.66. The molecule has 1 rings (SSSR count). The average Bonchev–Trinajstić information content (AvgIpc) is 2.06. The van der Waals surface area contributed by atoms with Gasteiger partial charge in [-0.1, -0.05) is 15.9 Å². The van der Waals surface area contributed by atoms with Crippen molar-refractivity contribution in [1.29, 1.82) is 0 Å². The minimum absolute atomic E-state index is 0.00768. The number of rotatable bonds is 3. The lowest BCUT2D eigenvalue weighted by molar-refractivity contribution is -0.0145. The first kappa shape index (κ1) is 12.5. The second-order valence-electron chi connectivity index (χ2n) is 4.98. The van der Waals surface area contributed by atoms with Crippen molar-refractivity contribution in [2.75, 3.05) is 26.2 Å². The van der Waals surface area contributed by atoms with Crippen LogP contribution < -0.4 is 0 Å². The number of piperidine rings is 1. The van der Waals surface area contributed by atoms with Crippen LogP contribution in [-0.4, -0.2) is 41.6 Å². The Labute approximate surface area is 96.1 Å². The van der Waals surface area contributed by atoms with Gasteiger partial charge in [-0.15, -0.1) is 0 Å². The van der Waals surface area contributed by atoms with Gasteiger partial charge in [-0.25, -0.2) is 0 Å². The van der Waals surface area contributed by atoms with Crippen molar-refractivity contribution in [2.45, 2.75) is 44.0 Å². The van der Waals surface area contributed by atoms with Gasteiger partial charge in [0.05, 0.1) is 12.2 Å². The Hall–Kier alpha value is 0.400. The van der Waals surface area contributed by atoms with Gasteiger partial charge in [0.1, 0.15) is 0 Å². The van der Waals surface area contributed by atoms with E-state index in [0.717, 1.165) is 18.0 Å². The molecule has 0 radical (unpaired) electrons. The van der Waals surface area contributed by atoms with Gasteiger partial charge < -0.3 is 9.64 Å². The minimum Gasteiger partial charge on any atom is -0.375 e. The van der Waals surface area contributed by atoms with E-state index in [2.05, 4.69) is 41.6 Å². The monoisotopic (exact) mass is 263 g/mol. The summed E-state index contributed by atoms with van der Waals surface area (Å²) in [6.07, 6.45) is 2.55. The van der Waals surface area contributed by atoms with E-state index in [1.807, 2.05) is 0 Å². The van der Waals surface area contributed by atoms with E-state index < -0.39 is 0 Å². The van der Waals surface area contributed by atoms with Gasteiger partial charge in [0.25, 0.3) is 0 Å². The molecule has 0 atom stereocenters. The average molecular weight is 264 g/mol. The highest BCUT2D eigenvalue weighted by atomic mass is 79.9. The zero-order valence-corrected chi connectivity index (χ0v) is 11.1. The van der Waals surface area contributed by atoms with E-state index in [1.54, 1.807) is 0 Å². The van der Waals surface area contributed by atoms with Gasteiger partial charge in [-0.05, 0) is 46.7 Å². The van der Waals surface area contributed by atoms with Crippen molar-refractivity contribution in [3.63, 3.8) is 0 Å². The highest BCUT2D eigenvalue weighted by molar-refractivity contribution is 9.09. The molecule has 2 nitrogen and oxygen atoms in total. The quantitative estimate of drug-likeness (QED) is 0.727. The normalized spacial score (nSPS) is 21.4. The van der Waals surface area contributed by atoms with E-state index in [1.165, 1.54) is 25.9 Å². The van der Waals surface area contributed by atoms with Crippen molar-refractivity contribution in [2.24, 2.45) is 0 Å². The lowest BCUT2D eigenvalue weighted by Gasteiger charge is -2.30. The Morgan fingerprint density at radius 3 is 2.36 bits per heavy atom. The second kappa shape index (κ2) is 5.47. The summed E-state index contributed by atoms with van der Waals surface area (Å²) in [5, 5.41) is 0. The number of likely N-dealkylation sites (tertiary alicyclic amines) is 1. The minimum atomic E-state index is 0.00768. The summed E-state index contributed by atoms with van der Waals surface area (Å²) in [4.78, 5) is 3.23. The highest BCUT2D eigenvalue weighted by Gasteiger charge is 2.17. The summed E-state index contributed by atoms with van der Waals surface area (Å²) in [5.74, 6) is 0. The molecule has 0 N–H and O–H groups in total. The van der Waals surface area contributed by atoms with Gasteiger partial charge in [-0.2, -0.15) is 0 Å². The molecule has 0 amide bonds. The summed E-state index contributed by atoms with van der Waals surface area (Å²) in [7, 11) is 0. The molecule has 0 aliphatic carbocycles. The smallest absolute Gasteiger partial charge is 0.0600 e. The molecule has 0 aromatic carbocycles. The van der Waals surface area contributed by atoms with Crippen LogP contribution in [0.1, 0.15) is 33.6 Å². The zero-order valence-electron chi connectivity index (χ0n) is 9.55. The summed E-state index contributed by atoms with van der Waals surface area (Å²) >= 11 is 3.66. The molecule has 1 aliphatic rings. The maximum atomic E-state index is 5.71. The molecule has 1 saturated heterocycles. The van der Waals surface area contributed by atoms with Crippen molar-refractivity contribution < 1.29 is 4.74 Å². The van der Waals surface area contributed by atoms with Gasteiger partial charge in [0.15, 0.2) is 0 Å². The molecule has 0 spiro atoms. The number of hydrogen-bond acceptors (Lipinski definition) is 2. The Balaban J connectivity index is 2.08. The molecule has 3 heteroatoms. The molecular formula is C11H22BrNO. The van der Waals surface area contributed by atoms with E-state index in [4.69, 9.17) is 4.74 Å². The lowest BCUT2D eigenvalue weighted by Crippen LogP contribution is -2.37. The van der Waals surface area contributed by atoms with Gasteiger partial charge in [0, 0.05) is 11.4 Å². The van der Waals surface area contributed by atoms with Gasteiger partial charge >= 0.3 is 0 Å². The number of nitrogens with zero attached hydrogens (tertiary/aromatic N) is 1. The fourth-order valence-corrected chi connectivity index (χ4v) is 2.02. The SMILES string of the molecule is CC(C)(C)OCCN1CCC(Br)CC1. The van der Waals surface area contributed by atoms with Crippen molar-refractivity contribution in [3.8, 4) is 0 Å². The van der Waals surface area contributed by atoms with Crippen molar-refractivity contribution >= 4 is 15.9 Å². The molecule has 0 unspecified atom stereocenters. The largest absolute Gasteiger partial charge is 0.375 e. The van der Waals surface area contributed by atoms with Crippen molar-refractivity contribution in [1.82, 2.24) is 4.90 Å². The van der Waals surface area contributed by atoms with Crippen LogP contribution in [0.25, 0.3) is 0 Å². The molecule has 1 fully saturated rings. The summed E-state index contributed by atoms with van der Waals surface area (Å²) in [5.41, 5.74) is 0.00768. The fraction of sp³-hybridized carbons (Fsp3) is 1.00. The highest BCUT2D eigenvalue weighted by Crippen LogP contribution is 2.17. The first-order valence-electron chi connectivity index (χ1n) is 5.48. The number of halogens is 1. The maximum Gasteiger partial charge on any atom is 0.0600 e. The number of alkyl halides is 1. The molecule has 0 aromatic heterocycles. The van der Waals surface area contributed by atoms with Crippen LogP contribution in [-0.2, 0) is 4.74 Å². The Morgan fingerprint density at radius 2 is 1.86 bits per heavy atom. The van der Waals surface area contributed by atoms with Crippen molar-refractivity contribution in [3.05, 3.63) is 0 Å². The standard InChI is InChI=1S/C11H22BrNO/c1-11(2,3)14-9-8-13-6-4-10(12)5-7-13/h10H,4-9H2,1-3H3. The summed E-state index contributed by atoms with van der Waals surface area (Å²) in [6.45, 7) is 10.7. The maximum absolute atomic E-state index is 5.71. The molecule has 0 bridgehead atoms. The summed E-state index contributed by atoms with van der Waals surface area (Å²) < 4.78 is 5.71. The molecule has 0 saturated carbocycles. The fourth-order valence-electron chi connectivity index (χ4n) is 1.61. The molecule has 14 heavy (non-hydrogen) atoms. The van der Waals surface area contributed by atoms with Crippen LogP contribution in [0.4, 0.5) is 0 Å². The lowest BCUT2D eigenvalue weighted by atomic mass is 10.1. The molecule has 1 heterocycles. The van der Waals surface area contributed by atoms with Crippen LogP contribution >= 0.6 is 15.9 Å². The topological polar surface area (TPSA) is 12.5 Å². The number of hydrogen-bond donors (Lipinski definition) is 0. The third kappa shape index (κ3) is 5.32. The Bertz CT molecular complexity index is 159. The van der Waals surface area contributed by atoms with Gasteiger partial charge in [-0.3, -0.25) is 0 Å². The van der Waals surface area contributed by atoms with Gasteiger partial charge in [0.2, 0.25) is 0 Å². The first-order chi connectivity index (χ1) is 6.47. The van der Waals surface area contributed by atoms with E-state index >= 15 is 0 Å². The third-order valence-electron chi connectivity index (χ3n) is 2.46. The number of ether oxygens (including phenoxy) is 1. The Morgan fingerprint density at radius 1 is 1.29 bits per heavy atom. The van der Waals surface area contributed by atoms with E-state index in [0.29, 0.717) is 0 Å². The first-order valence-corrected chi connectivity index (χ1v) is 6.39. The molecular weight excluding hydrogens is 242 g/mol. The van der Waals surface area contributed by atoms with Crippen LogP contribution in [0, 0.1) is 0 Å². The molecule has 1 aliphatic heterocycles. The predicted molar refractivity (Wildman–Crippen MR) is 64.1 cm³/mol. The zero-order chi connectivity index (χ0) is 10.6. The second-order valence-corrected chi connectivity index (χ2v) is 6.27. The molecule has 84 valence electrons. The van der Waals surface area contributed by atoms with Crippen LogP contribution in [0.2, 0.25) is 0 Å². The molecule has 0 aromatic rings. The van der Waals surface area contributed by atoms with E-state index in [9.17, 15) is 0 Å². The third-order valence-corrected chi connectivity index (χ3v) is 3.38. The van der Waals surface area contributed by atoms with E-state index in [-0.39, 0.29) is 5.60 Å². The summed E-state index contributed by atoms with van der Waals surface area (Å²) in [6, 6.07) is 0. The van der Waals surface area contributed by atoms with Crippen LogP contribution in [0.5, 0.6) is 0 Å².